The Morgan fingerprint density at radius 2 is 1.39 bits per heavy atom. The third kappa shape index (κ3) is 4.63. The monoisotopic (exact) mass is 469 g/mol. The Bertz CT molecular complexity index is 1460. The van der Waals surface area contributed by atoms with Gasteiger partial charge in [0.15, 0.2) is 5.16 Å². The van der Waals surface area contributed by atoms with Crippen LogP contribution in [0.4, 0.5) is 0 Å². The van der Waals surface area contributed by atoms with E-state index in [1.54, 1.807) is 35.7 Å². The summed E-state index contributed by atoms with van der Waals surface area (Å²) in [5, 5.41) is 12.4. The van der Waals surface area contributed by atoms with Crippen LogP contribution in [0.3, 0.4) is 0 Å². The first kappa shape index (κ1) is 21.6. The van der Waals surface area contributed by atoms with Crippen molar-refractivity contribution in [3.8, 4) is 17.0 Å². The molecule has 0 saturated heterocycles. The number of nitrogens with zero attached hydrogens (tertiary/aromatic N) is 3. The van der Waals surface area contributed by atoms with Crippen LogP contribution >= 0.6 is 23.5 Å². The van der Waals surface area contributed by atoms with Gasteiger partial charge in [0.05, 0.1) is 11.1 Å². The van der Waals surface area contributed by atoms with E-state index in [0.29, 0.717) is 0 Å². The average molecular weight is 470 g/mol. The van der Waals surface area contributed by atoms with E-state index in [2.05, 4.69) is 73.0 Å². The number of aryl methyl sites for hydroxylation is 3. The summed E-state index contributed by atoms with van der Waals surface area (Å²) in [7, 11) is 2.03. The molecule has 5 aromatic rings. The molecule has 0 atom stereocenters. The molecule has 0 aliphatic rings. The fourth-order valence-electron chi connectivity index (χ4n) is 3.76. The Morgan fingerprint density at radius 3 is 2.03 bits per heavy atom. The third-order valence-corrected chi connectivity index (χ3v) is 7.24. The number of fused-ring (bicyclic) bond motifs is 1. The van der Waals surface area contributed by atoms with Crippen LogP contribution in [0.25, 0.3) is 22.3 Å². The van der Waals surface area contributed by atoms with Crippen molar-refractivity contribution in [1.29, 1.82) is 0 Å². The lowest BCUT2D eigenvalue weighted by atomic mass is 10.1. The van der Waals surface area contributed by atoms with Crippen LogP contribution in [0.15, 0.2) is 98.8 Å². The highest BCUT2D eigenvalue weighted by Crippen LogP contribution is 2.38. The quantitative estimate of drug-likeness (QED) is 0.217. The van der Waals surface area contributed by atoms with Gasteiger partial charge in [0.1, 0.15) is 16.4 Å². The lowest BCUT2D eigenvalue weighted by molar-refractivity contribution is 0.475. The summed E-state index contributed by atoms with van der Waals surface area (Å²) in [6.45, 7) is 4.19. The number of aromatic nitrogens is 3. The van der Waals surface area contributed by atoms with E-state index in [1.807, 2.05) is 19.2 Å². The zero-order valence-electron chi connectivity index (χ0n) is 18.6. The van der Waals surface area contributed by atoms with Gasteiger partial charge in [0, 0.05) is 16.8 Å². The van der Waals surface area contributed by atoms with Gasteiger partial charge in [-0.2, -0.15) is 0 Å². The molecule has 164 valence electrons. The Balaban J connectivity index is 1.65. The molecule has 0 spiro atoms. The number of hydrogen-bond acceptors (Lipinski definition) is 5. The van der Waals surface area contributed by atoms with E-state index >= 15 is 0 Å². The smallest absolute Gasteiger partial charge is 0.195 e. The van der Waals surface area contributed by atoms with E-state index < -0.39 is 0 Å². The lowest BCUT2D eigenvalue weighted by Crippen LogP contribution is -1.97. The molecule has 0 unspecified atom stereocenters. The minimum absolute atomic E-state index is 0.254. The maximum atomic E-state index is 9.70. The van der Waals surface area contributed by atoms with Gasteiger partial charge < -0.3 is 9.67 Å². The van der Waals surface area contributed by atoms with Crippen molar-refractivity contribution in [2.24, 2.45) is 7.05 Å². The molecule has 0 amide bonds. The van der Waals surface area contributed by atoms with Crippen molar-refractivity contribution in [2.75, 3.05) is 0 Å². The normalized spacial score (nSPS) is 11.2. The molecule has 0 bridgehead atoms. The molecule has 0 radical (unpaired) electrons. The number of hydrogen-bond donors (Lipinski definition) is 1. The van der Waals surface area contributed by atoms with Crippen LogP contribution in [0.1, 0.15) is 11.1 Å². The SMILES string of the molecule is Cc1cccc(Sc2nc(Sc3cccc(C)c3)c3cc(-c4ccc(O)cc4)n(C)c3n2)c1. The highest BCUT2D eigenvalue weighted by molar-refractivity contribution is 8.00. The highest BCUT2D eigenvalue weighted by Gasteiger charge is 2.17. The zero-order valence-corrected chi connectivity index (χ0v) is 20.2. The van der Waals surface area contributed by atoms with Gasteiger partial charge in [-0.15, -0.1) is 0 Å². The second-order valence-electron chi connectivity index (χ2n) is 8.02. The molecular weight excluding hydrogens is 446 g/mol. The third-order valence-electron chi connectivity index (χ3n) is 5.40. The topological polar surface area (TPSA) is 50.9 Å². The van der Waals surface area contributed by atoms with Crippen molar-refractivity contribution in [3.05, 3.63) is 90.0 Å². The number of aromatic hydroxyl groups is 1. The summed E-state index contributed by atoms with van der Waals surface area (Å²) in [5.74, 6) is 0.254. The van der Waals surface area contributed by atoms with E-state index in [-0.39, 0.29) is 5.75 Å². The van der Waals surface area contributed by atoms with Gasteiger partial charge in [-0.05, 0) is 85.8 Å². The number of benzene rings is 3. The summed E-state index contributed by atoms with van der Waals surface area (Å²) in [5.41, 5.74) is 5.37. The molecule has 0 fully saturated rings. The first-order chi connectivity index (χ1) is 16.0. The highest BCUT2D eigenvalue weighted by atomic mass is 32.2. The van der Waals surface area contributed by atoms with Crippen LogP contribution < -0.4 is 0 Å². The van der Waals surface area contributed by atoms with Crippen LogP contribution in [0, 0.1) is 13.8 Å². The number of phenols is 1. The lowest BCUT2D eigenvalue weighted by Gasteiger charge is -2.08. The van der Waals surface area contributed by atoms with E-state index in [4.69, 9.17) is 9.97 Å². The second-order valence-corrected chi connectivity index (χ2v) is 10.1. The molecule has 2 heterocycles. The van der Waals surface area contributed by atoms with Crippen LogP contribution in [0.5, 0.6) is 5.75 Å². The first-order valence-corrected chi connectivity index (χ1v) is 12.3. The van der Waals surface area contributed by atoms with Gasteiger partial charge >= 0.3 is 0 Å². The molecule has 0 aliphatic heterocycles. The predicted octanol–water partition coefficient (Wildman–Crippen LogP) is 7.26. The van der Waals surface area contributed by atoms with Crippen LogP contribution in [-0.4, -0.2) is 19.6 Å². The molecule has 1 N–H and O–H groups in total. The van der Waals surface area contributed by atoms with Crippen molar-refractivity contribution in [2.45, 2.75) is 33.8 Å². The summed E-state index contributed by atoms with van der Waals surface area (Å²) in [4.78, 5) is 12.2. The van der Waals surface area contributed by atoms with Crippen molar-refractivity contribution in [3.63, 3.8) is 0 Å². The molecule has 4 nitrogen and oxygen atoms in total. The van der Waals surface area contributed by atoms with E-state index in [9.17, 15) is 5.11 Å². The molecule has 2 aromatic heterocycles. The minimum Gasteiger partial charge on any atom is -0.508 e. The fourth-order valence-corrected chi connectivity index (χ4v) is 5.69. The van der Waals surface area contributed by atoms with Crippen molar-refractivity contribution < 1.29 is 5.11 Å². The zero-order chi connectivity index (χ0) is 22.9. The summed E-state index contributed by atoms with van der Waals surface area (Å²) in [6.07, 6.45) is 0. The standard InChI is InChI=1S/C27H23N3OS2/c1-17-6-4-8-21(14-17)32-26-23-16-24(19-10-12-20(31)13-11-19)30(3)25(23)28-27(29-26)33-22-9-5-7-18(2)15-22/h4-16,31H,1-3H3. The molecule has 0 saturated carbocycles. The van der Waals surface area contributed by atoms with Crippen molar-refractivity contribution in [1.82, 2.24) is 14.5 Å². The van der Waals surface area contributed by atoms with Gasteiger partial charge in [-0.25, -0.2) is 9.97 Å². The summed E-state index contributed by atoms with van der Waals surface area (Å²) in [6, 6.07) is 26.3. The first-order valence-electron chi connectivity index (χ1n) is 10.6. The second kappa shape index (κ2) is 8.96. The molecule has 0 aliphatic carbocycles. The molecule has 6 heteroatoms. The molecule has 3 aromatic carbocycles. The average Bonchev–Trinajstić information content (AvgIpc) is 3.11. The van der Waals surface area contributed by atoms with Gasteiger partial charge in [0.25, 0.3) is 0 Å². The minimum atomic E-state index is 0.254. The fraction of sp³-hybridized carbons (Fsp3) is 0.111. The van der Waals surface area contributed by atoms with Gasteiger partial charge in [0.2, 0.25) is 0 Å². The predicted molar refractivity (Wildman–Crippen MR) is 136 cm³/mol. The van der Waals surface area contributed by atoms with Crippen LogP contribution in [-0.2, 0) is 7.05 Å². The maximum Gasteiger partial charge on any atom is 0.195 e. The summed E-state index contributed by atoms with van der Waals surface area (Å²) >= 11 is 3.24. The Morgan fingerprint density at radius 1 is 0.758 bits per heavy atom. The Kier molecular flexibility index (Phi) is 5.87. The largest absolute Gasteiger partial charge is 0.508 e. The van der Waals surface area contributed by atoms with Gasteiger partial charge in [-0.3, -0.25) is 0 Å². The Labute approximate surface area is 201 Å². The molecule has 5 rings (SSSR count). The number of rotatable bonds is 5. The van der Waals surface area contributed by atoms with E-state index in [0.717, 1.165) is 42.3 Å². The maximum absolute atomic E-state index is 9.70. The van der Waals surface area contributed by atoms with Crippen LogP contribution in [0.2, 0.25) is 0 Å². The van der Waals surface area contributed by atoms with Gasteiger partial charge in [-0.1, -0.05) is 47.2 Å². The summed E-state index contributed by atoms with van der Waals surface area (Å²) < 4.78 is 2.10. The molecular formula is C27H23N3OS2. The molecule has 33 heavy (non-hydrogen) atoms. The Hall–Kier alpha value is -3.22. The van der Waals surface area contributed by atoms with E-state index in [1.165, 1.54) is 11.1 Å². The van der Waals surface area contributed by atoms with Crippen molar-refractivity contribution >= 4 is 34.6 Å². The number of phenolic OH excluding ortho intramolecular Hbond substituents is 1.